The second kappa shape index (κ2) is 10.2. The minimum absolute atomic E-state index is 0.164. The number of carboxylic acids is 2. The molecule has 7 nitrogen and oxygen atoms in total. The molecule has 3 N–H and O–H groups in total. The number of aromatic nitrogens is 1. The van der Waals surface area contributed by atoms with Crippen LogP contribution in [0.2, 0.25) is 0 Å². The van der Waals surface area contributed by atoms with Crippen LogP contribution < -0.4 is 0 Å². The summed E-state index contributed by atoms with van der Waals surface area (Å²) in [4.78, 5) is 21.2. The van der Waals surface area contributed by atoms with E-state index in [1.807, 2.05) is 28.8 Å². The van der Waals surface area contributed by atoms with Crippen LogP contribution in [0.15, 0.2) is 42.6 Å². The summed E-state index contributed by atoms with van der Waals surface area (Å²) in [7, 11) is 1.96. The summed E-state index contributed by atoms with van der Waals surface area (Å²) in [5.74, 6) is -2.72. The first-order chi connectivity index (χ1) is 11.8. The van der Waals surface area contributed by atoms with Crippen LogP contribution in [0.3, 0.4) is 0 Å². The van der Waals surface area contributed by atoms with E-state index < -0.39 is 11.9 Å². The second-order valence-corrected chi connectivity index (χ2v) is 5.25. The molecule has 0 aliphatic carbocycles. The van der Waals surface area contributed by atoms with Crippen molar-refractivity contribution in [3.8, 4) is 0 Å². The highest BCUT2D eigenvalue weighted by atomic mass is 19.1. The summed E-state index contributed by atoms with van der Waals surface area (Å²) in [6, 6.07) is 6.81. The fraction of sp³-hybridized carbons (Fsp3) is 0.294. The van der Waals surface area contributed by atoms with Crippen LogP contribution in [-0.2, 0) is 16.1 Å². The zero-order chi connectivity index (χ0) is 18.8. The number of aliphatic carboxylic acids is 2. The van der Waals surface area contributed by atoms with Crippen molar-refractivity contribution < 1.29 is 29.3 Å². The number of benzene rings is 1. The molecule has 0 saturated heterocycles. The topological polar surface area (TPSA) is 103 Å². The van der Waals surface area contributed by atoms with Crippen LogP contribution in [0.25, 0.3) is 10.9 Å². The van der Waals surface area contributed by atoms with Crippen molar-refractivity contribution >= 4 is 22.8 Å². The Kier molecular flexibility index (Phi) is 8.31. The molecule has 0 aliphatic heterocycles. The molecule has 0 radical (unpaired) electrons. The van der Waals surface area contributed by atoms with Crippen LogP contribution in [-0.4, -0.2) is 63.5 Å². The third kappa shape index (κ3) is 7.60. The van der Waals surface area contributed by atoms with Gasteiger partial charge in [-0.15, -0.1) is 0 Å². The van der Waals surface area contributed by atoms with E-state index in [0.29, 0.717) is 18.7 Å². The summed E-state index contributed by atoms with van der Waals surface area (Å²) >= 11 is 0. The van der Waals surface area contributed by atoms with E-state index in [2.05, 4.69) is 0 Å². The highest BCUT2D eigenvalue weighted by Crippen LogP contribution is 2.16. The molecule has 1 aromatic heterocycles. The zero-order valence-electron chi connectivity index (χ0n) is 13.8. The minimum Gasteiger partial charge on any atom is -0.478 e. The molecule has 25 heavy (non-hydrogen) atoms. The molecular weight excluding hydrogens is 331 g/mol. The van der Waals surface area contributed by atoms with Gasteiger partial charge >= 0.3 is 11.9 Å². The number of fused-ring (bicyclic) bond motifs is 1. The minimum atomic E-state index is -1.26. The van der Waals surface area contributed by atoms with Gasteiger partial charge < -0.3 is 24.8 Å². The number of likely N-dealkylation sites (N-methyl/N-ethyl adjacent to an activating group) is 1. The SMILES string of the molecule is CN(CCO)CCn1ccc2ccc(F)cc21.O=C(O)/C=C/C(=O)O. The quantitative estimate of drug-likeness (QED) is 0.651. The number of hydrogen-bond acceptors (Lipinski definition) is 4. The third-order valence-electron chi connectivity index (χ3n) is 3.31. The summed E-state index contributed by atoms with van der Waals surface area (Å²) in [5, 5.41) is 25.5. The van der Waals surface area contributed by atoms with Crippen LogP contribution >= 0.6 is 0 Å². The summed E-state index contributed by atoms with van der Waals surface area (Å²) in [6.07, 6.45) is 3.08. The Balaban J connectivity index is 0.000000333. The van der Waals surface area contributed by atoms with Gasteiger partial charge in [-0.2, -0.15) is 0 Å². The summed E-state index contributed by atoms with van der Waals surface area (Å²) in [5.41, 5.74) is 0.919. The largest absolute Gasteiger partial charge is 0.478 e. The van der Waals surface area contributed by atoms with E-state index in [1.54, 1.807) is 12.1 Å². The number of aliphatic hydroxyl groups is 1. The van der Waals surface area contributed by atoms with E-state index in [1.165, 1.54) is 6.07 Å². The molecule has 0 spiro atoms. The van der Waals surface area contributed by atoms with Gasteiger partial charge in [0.15, 0.2) is 0 Å². The first-order valence-electron chi connectivity index (χ1n) is 7.51. The standard InChI is InChI=1S/C13H17FN2O.C4H4O4/c1-15(8-9-17)6-7-16-5-4-11-2-3-12(14)10-13(11)16;5-3(6)1-2-4(7)8/h2-5,10,17H,6-9H2,1H3;1-2H,(H,5,6)(H,7,8)/b;2-1+. The van der Waals surface area contributed by atoms with E-state index in [9.17, 15) is 14.0 Å². The predicted molar refractivity (Wildman–Crippen MR) is 90.9 cm³/mol. The van der Waals surface area contributed by atoms with Crippen molar-refractivity contribution in [1.29, 1.82) is 0 Å². The monoisotopic (exact) mass is 352 g/mol. The van der Waals surface area contributed by atoms with Gasteiger partial charge in [0.1, 0.15) is 5.82 Å². The average molecular weight is 352 g/mol. The number of carbonyl (C=O) groups is 2. The van der Waals surface area contributed by atoms with Gasteiger partial charge in [-0.1, -0.05) is 0 Å². The van der Waals surface area contributed by atoms with Crippen molar-refractivity contribution in [3.05, 3.63) is 48.4 Å². The van der Waals surface area contributed by atoms with Gasteiger partial charge in [0.05, 0.1) is 12.1 Å². The Morgan fingerprint density at radius 1 is 1.16 bits per heavy atom. The Labute approximate surface area is 144 Å². The Hall–Kier alpha value is -2.71. The van der Waals surface area contributed by atoms with Gasteiger partial charge in [0.25, 0.3) is 0 Å². The predicted octanol–water partition coefficient (Wildman–Crippen LogP) is 1.42. The molecule has 1 heterocycles. The zero-order valence-corrected chi connectivity index (χ0v) is 13.8. The Morgan fingerprint density at radius 2 is 1.80 bits per heavy atom. The lowest BCUT2D eigenvalue weighted by Gasteiger charge is -2.15. The number of rotatable bonds is 7. The van der Waals surface area contributed by atoms with Crippen molar-refractivity contribution in [2.45, 2.75) is 6.54 Å². The maximum absolute atomic E-state index is 13.2. The maximum Gasteiger partial charge on any atom is 0.328 e. The molecule has 1 aromatic carbocycles. The molecule has 2 rings (SSSR count). The van der Waals surface area contributed by atoms with Gasteiger partial charge in [0, 0.05) is 38.0 Å². The van der Waals surface area contributed by atoms with Crippen LogP contribution in [0.1, 0.15) is 0 Å². The number of halogens is 1. The highest BCUT2D eigenvalue weighted by molar-refractivity contribution is 5.89. The molecule has 0 bridgehead atoms. The molecule has 136 valence electrons. The smallest absolute Gasteiger partial charge is 0.328 e. The molecule has 0 aliphatic rings. The normalized spacial score (nSPS) is 10.9. The summed E-state index contributed by atoms with van der Waals surface area (Å²) < 4.78 is 15.2. The molecular formula is C17H21FN2O5. The maximum atomic E-state index is 13.2. The van der Waals surface area contributed by atoms with Crippen LogP contribution in [0.4, 0.5) is 4.39 Å². The molecule has 0 amide bonds. The first kappa shape index (κ1) is 20.3. The molecule has 0 unspecified atom stereocenters. The van der Waals surface area contributed by atoms with Gasteiger partial charge in [-0.05, 0) is 36.7 Å². The lowest BCUT2D eigenvalue weighted by molar-refractivity contribution is -0.134. The number of aliphatic hydroxyl groups excluding tert-OH is 1. The fourth-order valence-electron chi connectivity index (χ4n) is 2.06. The molecule has 0 fully saturated rings. The average Bonchev–Trinajstić information content (AvgIpc) is 2.94. The molecule has 0 atom stereocenters. The Bertz CT molecular complexity index is 726. The lowest BCUT2D eigenvalue weighted by Crippen LogP contribution is -2.26. The highest BCUT2D eigenvalue weighted by Gasteiger charge is 2.03. The summed E-state index contributed by atoms with van der Waals surface area (Å²) in [6.45, 7) is 2.45. The van der Waals surface area contributed by atoms with Crippen molar-refractivity contribution in [1.82, 2.24) is 9.47 Å². The van der Waals surface area contributed by atoms with E-state index in [4.69, 9.17) is 15.3 Å². The fourth-order valence-corrected chi connectivity index (χ4v) is 2.06. The number of hydrogen-bond donors (Lipinski definition) is 3. The van der Waals surface area contributed by atoms with Crippen molar-refractivity contribution in [2.75, 3.05) is 26.7 Å². The van der Waals surface area contributed by atoms with Crippen LogP contribution in [0, 0.1) is 5.82 Å². The molecule has 0 saturated carbocycles. The van der Waals surface area contributed by atoms with E-state index in [-0.39, 0.29) is 12.4 Å². The van der Waals surface area contributed by atoms with Gasteiger partial charge in [-0.3, -0.25) is 0 Å². The van der Waals surface area contributed by atoms with Gasteiger partial charge in [0.2, 0.25) is 0 Å². The molecule has 2 aromatic rings. The first-order valence-corrected chi connectivity index (χ1v) is 7.51. The molecule has 8 heteroatoms. The third-order valence-corrected chi connectivity index (χ3v) is 3.31. The second-order valence-electron chi connectivity index (χ2n) is 5.25. The van der Waals surface area contributed by atoms with Crippen molar-refractivity contribution in [2.24, 2.45) is 0 Å². The number of carboxylic acid groups (broad SMARTS) is 2. The van der Waals surface area contributed by atoms with E-state index in [0.717, 1.165) is 24.0 Å². The van der Waals surface area contributed by atoms with Crippen molar-refractivity contribution in [3.63, 3.8) is 0 Å². The van der Waals surface area contributed by atoms with E-state index >= 15 is 0 Å². The lowest BCUT2D eigenvalue weighted by atomic mass is 10.2. The number of nitrogens with zero attached hydrogens (tertiary/aromatic N) is 2. The Morgan fingerprint density at radius 3 is 2.36 bits per heavy atom. The van der Waals surface area contributed by atoms with Crippen LogP contribution in [0.5, 0.6) is 0 Å². The van der Waals surface area contributed by atoms with Gasteiger partial charge in [-0.25, -0.2) is 14.0 Å².